The molecule has 7 heavy (non-hydrogen) atoms. The van der Waals surface area contributed by atoms with Crippen molar-refractivity contribution in [1.29, 1.82) is 0 Å². The van der Waals surface area contributed by atoms with E-state index < -0.39 is 14.7 Å². The fourth-order valence-electron chi connectivity index (χ4n) is 0. The van der Waals surface area contributed by atoms with Gasteiger partial charge in [-0.25, -0.2) is 0 Å². The predicted octanol–water partition coefficient (Wildman–Crippen LogP) is -3.38. The van der Waals surface area contributed by atoms with Crippen molar-refractivity contribution in [3.8, 4) is 0 Å². The van der Waals surface area contributed by atoms with E-state index in [2.05, 4.69) is 0 Å². The van der Waals surface area contributed by atoms with Gasteiger partial charge < -0.3 is 0 Å². The monoisotopic (exact) mass is 144 g/mol. The molecule has 0 radical (unpaired) electrons. The van der Waals surface area contributed by atoms with E-state index in [0.29, 0.717) is 0 Å². The normalized spacial score (nSPS) is 2.29. The van der Waals surface area contributed by atoms with Crippen LogP contribution in [0.3, 0.4) is 0 Å². The van der Waals surface area contributed by atoms with Crippen LogP contribution in [-0.4, -0.2) is 14.7 Å². The summed E-state index contributed by atoms with van der Waals surface area (Å²) in [7, 11) is -1.00. The second-order valence-corrected chi connectivity index (χ2v) is 0.192. The molecular formula is B2NiO4. The first-order valence-corrected chi connectivity index (χ1v) is 0.943. The molecule has 0 aromatic carbocycles. The third kappa shape index (κ3) is 2730. The van der Waals surface area contributed by atoms with Gasteiger partial charge in [-0.3, -0.25) is 0 Å². The Morgan fingerprint density at radius 2 is 1.00 bits per heavy atom. The van der Waals surface area contributed by atoms with E-state index in [-0.39, 0.29) is 16.5 Å². The molecule has 0 bridgehead atoms. The van der Waals surface area contributed by atoms with Crippen LogP contribution in [0, 0.1) is 0 Å². The first-order chi connectivity index (χ1) is 2.83. The van der Waals surface area contributed by atoms with Gasteiger partial charge in [-0.1, -0.05) is 0 Å². The van der Waals surface area contributed by atoms with Gasteiger partial charge in [0.25, 0.3) is 0 Å². The van der Waals surface area contributed by atoms with E-state index in [1.54, 1.807) is 0 Å². The minimum atomic E-state index is -0.500. The minimum absolute atomic E-state index is 0. The van der Waals surface area contributed by atoms with Gasteiger partial charge in [-0.15, -0.1) is 0 Å². The zero-order chi connectivity index (χ0) is 5.41. The van der Waals surface area contributed by atoms with Gasteiger partial charge in [0.15, 0.2) is 0 Å². The summed E-state index contributed by atoms with van der Waals surface area (Å²) in [5.41, 5.74) is 0. The summed E-state index contributed by atoms with van der Waals surface area (Å²) in [6, 6.07) is 0. The van der Waals surface area contributed by atoms with E-state index >= 15 is 0 Å². The zero-order valence-corrected chi connectivity index (χ0v) is 4.09. The van der Waals surface area contributed by atoms with Crippen molar-refractivity contribution in [2.45, 2.75) is 0 Å². The number of hydrogen-bond donors (Lipinski definition) is 0. The molecule has 0 spiro atoms. The van der Waals surface area contributed by atoms with Crippen molar-refractivity contribution >= 4 is 14.7 Å². The Morgan fingerprint density at radius 1 is 1.00 bits per heavy atom. The van der Waals surface area contributed by atoms with Crippen LogP contribution >= 0.6 is 0 Å². The van der Waals surface area contributed by atoms with Gasteiger partial charge in [-0.2, -0.15) is 0 Å². The summed E-state index contributed by atoms with van der Waals surface area (Å²) in [4.78, 5) is 0. The summed E-state index contributed by atoms with van der Waals surface area (Å²) < 4.78 is 16.5. The zero-order valence-electron chi connectivity index (χ0n) is 3.10. The van der Waals surface area contributed by atoms with Crippen molar-refractivity contribution in [3.05, 3.63) is 0 Å². The maximum Gasteiger partial charge on any atom is 2.00 e. The molecule has 4 nitrogen and oxygen atoms in total. The molecule has 0 N–H and O–H groups in total. The Balaban J connectivity index is -0.0000000400. The van der Waals surface area contributed by atoms with Gasteiger partial charge in [-0.05, 0) is 0 Å². The Labute approximate surface area is 51.4 Å². The van der Waals surface area contributed by atoms with Gasteiger partial charge in [0.2, 0.25) is 0 Å². The molecule has 0 aliphatic carbocycles. The van der Waals surface area contributed by atoms with Gasteiger partial charge >= 0.3 is 50.7 Å². The molecule has 0 amide bonds. The molecule has 0 fully saturated rings. The molecule has 0 saturated heterocycles. The summed E-state index contributed by atoms with van der Waals surface area (Å²) in [5, 5.41) is 16.5. The third-order valence-corrected chi connectivity index (χ3v) is 0. The molecule has 0 rings (SSSR count). The topological polar surface area (TPSA) is 80.3 Å². The first kappa shape index (κ1) is 15.8. The number of rotatable bonds is 0. The molecule has 0 aliphatic heterocycles. The second-order valence-electron chi connectivity index (χ2n) is 0.192. The maximum atomic E-state index is 8.25. The van der Waals surface area contributed by atoms with Crippen LogP contribution < -0.4 is 10.0 Å². The maximum absolute atomic E-state index is 8.25. The van der Waals surface area contributed by atoms with Gasteiger partial charge in [0.05, 0.1) is 0 Å². The average Bonchev–Trinajstić information content (AvgIpc) is 1.39. The molecule has 0 aliphatic rings. The molecule has 0 saturated carbocycles. The standard InChI is InChI=1S/2BO2.Ni/c2*2-1-3;/q2*-1;+2. The van der Waals surface area contributed by atoms with Crippen LogP contribution in [0.5, 0.6) is 0 Å². The van der Waals surface area contributed by atoms with Crippen molar-refractivity contribution < 1.29 is 35.9 Å². The van der Waals surface area contributed by atoms with Crippen molar-refractivity contribution in [2.75, 3.05) is 0 Å². The van der Waals surface area contributed by atoms with E-state index in [4.69, 9.17) is 19.5 Å². The minimum Gasteiger partial charge on any atom is 2.00 e. The SMILES string of the molecule is O=B[O-].O=B[O-].[Ni+2]. The smallest absolute Gasteiger partial charge is 2.00 e. The Kier molecular flexibility index (Phi) is 92.1. The Morgan fingerprint density at radius 3 is 1.00 bits per heavy atom. The molecule has 0 aromatic heterocycles. The summed E-state index contributed by atoms with van der Waals surface area (Å²) in [6.45, 7) is 0. The van der Waals surface area contributed by atoms with E-state index in [1.807, 2.05) is 0 Å². The van der Waals surface area contributed by atoms with Crippen molar-refractivity contribution in [3.63, 3.8) is 0 Å². The van der Waals surface area contributed by atoms with Crippen molar-refractivity contribution in [1.82, 2.24) is 0 Å². The largest absolute Gasteiger partial charge is 2.00 e. The quantitative estimate of drug-likeness (QED) is 0.332. The molecule has 0 atom stereocenters. The fourth-order valence-corrected chi connectivity index (χ4v) is 0. The van der Waals surface area contributed by atoms with E-state index in [0.717, 1.165) is 0 Å². The molecule has 0 unspecified atom stereocenters. The Bertz CT molecular complexity index is 30.7. The Hall–Kier alpha value is -0.177. The van der Waals surface area contributed by atoms with Crippen molar-refractivity contribution in [2.24, 2.45) is 0 Å². The second kappa shape index (κ2) is 40.7. The van der Waals surface area contributed by atoms with Crippen LogP contribution in [0.4, 0.5) is 0 Å². The molecule has 7 heteroatoms. The van der Waals surface area contributed by atoms with Crippen LogP contribution in [0.1, 0.15) is 0 Å². The molecular weight excluding hydrogens is 144 g/mol. The number of hydrogen-bond acceptors (Lipinski definition) is 4. The average molecular weight is 144 g/mol. The van der Waals surface area contributed by atoms with Crippen LogP contribution in [0.25, 0.3) is 0 Å². The third-order valence-electron chi connectivity index (χ3n) is 0. The molecule has 40 valence electrons. The summed E-state index contributed by atoms with van der Waals surface area (Å²) in [6.07, 6.45) is 0. The molecule has 0 heterocycles. The molecule has 0 aromatic rings. The van der Waals surface area contributed by atoms with E-state index in [1.165, 1.54) is 0 Å². The van der Waals surface area contributed by atoms with Crippen LogP contribution in [0.15, 0.2) is 0 Å². The first-order valence-electron chi connectivity index (χ1n) is 0.943. The summed E-state index contributed by atoms with van der Waals surface area (Å²) >= 11 is 0. The predicted molar refractivity (Wildman–Crippen MR) is 12.9 cm³/mol. The fraction of sp³-hybridized carbons (Fsp3) is 0. The summed E-state index contributed by atoms with van der Waals surface area (Å²) in [5.74, 6) is 0. The van der Waals surface area contributed by atoms with Gasteiger partial charge in [0, 0.05) is 0 Å². The van der Waals surface area contributed by atoms with Gasteiger partial charge in [0.1, 0.15) is 0 Å². The van der Waals surface area contributed by atoms with Crippen LogP contribution in [-0.2, 0) is 25.9 Å². The van der Waals surface area contributed by atoms with Crippen LogP contribution in [0.2, 0.25) is 0 Å². The van der Waals surface area contributed by atoms with E-state index in [9.17, 15) is 0 Å².